The van der Waals surface area contributed by atoms with Crippen molar-refractivity contribution in [3.63, 3.8) is 0 Å². The van der Waals surface area contributed by atoms with E-state index in [1.54, 1.807) is 0 Å². The van der Waals surface area contributed by atoms with Crippen LogP contribution in [0, 0.1) is 0 Å². The van der Waals surface area contributed by atoms with Crippen molar-refractivity contribution in [3.8, 4) is 5.75 Å². The summed E-state index contributed by atoms with van der Waals surface area (Å²) in [5, 5.41) is 8.74. The molecule has 20 heavy (non-hydrogen) atoms. The highest BCUT2D eigenvalue weighted by Crippen LogP contribution is 2.37. The SMILES string of the molecule is O=C(O)c1ccc(OCC2CCCO2)c(C(F)(F)F)c1. The van der Waals surface area contributed by atoms with E-state index in [2.05, 4.69) is 0 Å². The molecule has 1 saturated heterocycles. The average molecular weight is 290 g/mol. The number of alkyl halides is 3. The zero-order chi connectivity index (χ0) is 14.8. The Morgan fingerprint density at radius 1 is 1.45 bits per heavy atom. The molecule has 0 amide bonds. The van der Waals surface area contributed by atoms with Gasteiger partial charge in [-0.1, -0.05) is 0 Å². The van der Waals surface area contributed by atoms with Crippen molar-refractivity contribution in [2.45, 2.75) is 25.1 Å². The Bertz CT molecular complexity index is 493. The number of ether oxygens (including phenoxy) is 2. The third-order valence-electron chi connectivity index (χ3n) is 2.98. The van der Waals surface area contributed by atoms with E-state index < -0.39 is 23.3 Å². The van der Waals surface area contributed by atoms with E-state index in [4.69, 9.17) is 14.6 Å². The molecule has 4 nitrogen and oxygen atoms in total. The lowest BCUT2D eigenvalue weighted by molar-refractivity contribution is -0.139. The number of benzene rings is 1. The number of carbonyl (C=O) groups is 1. The molecule has 1 aliphatic rings. The van der Waals surface area contributed by atoms with Gasteiger partial charge in [-0.15, -0.1) is 0 Å². The van der Waals surface area contributed by atoms with Gasteiger partial charge in [0.25, 0.3) is 0 Å². The molecule has 1 atom stereocenters. The summed E-state index contributed by atoms with van der Waals surface area (Å²) in [5.74, 6) is -1.79. The van der Waals surface area contributed by atoms with E-state index in [1.807, 2.05) is 0 Å². The lowest BCUT2D eigenvalue weighted by Crippen LogP contribution is -2.18. The first kappa shape index (κ1) is 14.6. The van der Waals surface area contributed by atoms with Gasteiger partial charge >= 0.3 is 12.1 Å². The van der Waals surface area contributed by atoms with Crippen LogP contribution in [0.3, 0.4) is 0 Å². The van der Waals surface area contributed by atoms with E-state index >= 15 is 0 Å². The van der Waals surface area contributed by atoms with Gasteiger partial charge in [0.1, 0.15) is 12.4 Å². The zero-order valence-corrected chi connectivity index (χ0v) is 10.4. The minimum Gasteiger partial charge on any atom is -0.490 e. The molecule has 0 bridgehead atoms. The molecule has 1 unspecified atom stereocenters. The molecule has 7 heteroatoms. The number of hydrogen-bond acceptors (Lipinski definition) is 3. The largest absolute Gasteiger partial charge is 0.490 e. The van der Waals surface area contributed by atoms with Crippen LogP contribution in [0.2, 0.25) is 0 Å². The highest BCUT2D eigenvalue weighted by molar-refractivity contribution is 5.88. The molecule has 110 valence electrons. The van der Waals surface area contributed by atoms with E-state index in [1.165, 1.54) is 0 Å². The number of carboxylic acid groups (broad SMARTS) is 1. The summed E-state index contributed by atoms with van der Waals surface area (Å²) >= 11 is 0. The van der Waals surface area contributed by atoms with Crippen molar-refractivity contribution in [1.29, 1.82) is 0 Å². The van der Waals surface area contributed by atoms with Crippen molar-refractivity contribution < 1.29 is 32.5 Å². The van der Waals surface area contributed by atoms with Crippen molar-refractivity contribution >= 4 is 5.97 Å². The second-order valence-corrected chi connectivity index (χ2v) is 4.46. The number of halogens is 3. The smallest absolute Gasteiger partial charge is 0.419 e. The van der Waals surface area contributed by atoms with Crippen molar-refractivity contribution in [3.05, 3.63) is 29.3 Å². The number of carboxylic acids is 1. The summed E-state index contributed by atoms with van der Waals surface area (Å²) in [6.07, 6.45) is -3.28. The van der Waals surface area contributed by atoms with Crippen LogP contribution in [-0.2, 0) is 10.9 Å². The Kier molecular flexibility index (Phi) is 4.17. The van der Waals surface area contributed by atoms with Crippen molar-refractivity contribution in [1.82, 2.24) is 0 Å². The third kappa shape index (κ3) is 3.41. The Balaban J connectivity index is 2.19. The fourth-order valence-corrected chi connectivity index (χ4v) is 1.97. The second kappa shape index (κ2) is 5.70. The predicted octanol–water partition coefficient (Wildman–Crippen LogP) is 2.96. The first-order valence-electron chi connectivity index (χ1n) is 6.07. The third-order valence-corrected chi connectivity index (χ3v) is 2.98. The Hall–Kier alpha value is -1.76. The minimum absolute atomic E-state index is 0.0233. The van der Waals surface area contributed by atoms with Gasteiger partial charge in [-0.05, 0) is 31.0 Å². The topological polar surface area (TPSA) is 55.8 Å². The molecule has 1 aliphatic heterocycles. The first-order chi connectivity index (χ1) is 9.38. The van der Waals surface area contributed by atoms with E-state index in [0.717, 1.165) is 25.0 Å². The molecule has 0 spiro atoms. The molecule has 0 aromatic heterocycles. The lowest BCUT2D eigenvalue weighted by Gasteiger charge is -2.16. The number of hydrogen-bond donors (Lipinski definition) is 1. The van der Waals surface area contributed by atoms with E-state index in [0.29, 0.717) is 12.7 Å². The second-order valence-electron chi connectivity index (χ2n) is 4.46. The monoisotopic (exact) mass is 290 g/mol. The zero-order valence-electron chi connectivity index (χ0n) is 10.4. The maximum atomic E-state index is 12.9. The van der Waals surface area contributed by atoms with Crippen molar-refractivity contribution in [2.75, 3.05) is 13.2 Å². The standard InChI is InChI=1S/C13H13F3O4/c14-13(15,16)10-6-8(12(17)18)3-4-11(10)20-7-9-2-1-5-19-9/h3-4,6,9H,1-2,5,7H2,(H,17,18). The Labute approximate surface area is 113 Å². The van der Waals surface area contributed by atoms with Gasteiger partial charge in [-0.25, -0.2) is 4.79 Å². The van der Waals surface area contributed by atoms with Crippen LogP contribution in [0.4, 0.5) is 13.2 Å². The molecule has 1 aromatic rings. The van der Waals surface area contributed by atoms with Crippen LogP contribution in [0.25, 0.3) is 0 Å². The summed E-state index contributed by atoms with van der Waals surface area (Å²) in [6.45, 7) is 0.605. The van der Waals surface area contributed by atoms with Gasteiger partial charge in [0.05, 0.1) is 17.2 Å². The molecular formula is C13H13F3O4. The van der Waals surface area contributed by atoms with Gasteiger partial charge < -0.3 is 14.6 Å². The highest BCUT2D eigenvalue weighted by Gasteiger charge is 2.35. The first-order valence-corrected chi connectivity index (χ1v) is 6.07. The molecule has 1 aromatic carbocycles. The molecule has 1 fully saturated rings. The molecule has 1 heterocycles. The summed E-state index contributed by atoms with van der Waals surface area (Å²) in [7, 11) is 0. The average Bonchev–Trinajstić information content (AvgIpc) is 2.88. The molecule has 2 rings (SSSR count). The summed E-state index contributed by atoms with van der Waals surface area (Å²) < 4.78 is 49.1. The summed E-state index contributed by atoms with van der Waals surface area (Å²) in [4.78, 5) is 10.7. The fraction of sp³-hybridized carbons (Fsp3) is 0.462. The van der Waals surface area contributed by atoms with Gasteiger partial charge in [-0.3, -0.25) is 0 Å². The minimum atomic E-state index is -4.67. The van der Waals surface area contributed by atoms with E-state index in [-0.39, 0.29) is 18.5 Å². The quantitative estimate of drug-likeness (QED) is 0.926. The maximum absolute atomic E-state index is 12.9. The highest BCUT2D eigenvalue weighted by atomic mass is 19.4. The van der Waals surface area contributed by atoms with Gasteiger partial charge in [0.15, 0.2) is 0 Å². The van der Waals surface area contributed by atoms with Gasteiger partial charge in [-0.2, -0.15) is 13.2 Å². The molecule has 0 aliphatic carbocycles. The molecule has 0 radical (unpaired) electrons. The molecule has 0 saturated carbocycles. The Morgan fingerprint density at radius 2 is 2.20 bits per heavy atom. The fourth-order valence-electron chi connectivity index (χ4n) is 1.97. The van der Waals surface area contributed by atoms with Crippen LogP contribution < -0.4 is 4.74 Å². The summed E-state index contributed by atoms with van der Waals surface area (Å²) in [5.41, 5.74) is -1.52. The van der Waals surface area contributed by atoms with Gasteiger partial charge in [0, 0.05) is 6.61 Å². The molecular weight excluding hydrogens is 277 g/mol. The van der Waals surface area contributed by atoms with Crippen LogP contribution in [0.1, 0.15) is 28.8 Å². The van der Waals surface area contributed by atoms with Gasteiger partial charge in [0.2, 0.25) is 0 Å². The van der Waals surface area contributed by atoms with Crippen LogP contribution in [0.15, 0.2) is 18.2 Å². The van der Waals surface area contributed by atoms with Crippen LogP contribution in [-0.4, -0.2) is 30.4 Å². The Morgan fingerprint density at radius 3 is 2.75 bits per heavy atom. The summed E-state index contributed by atoms with van der Waals surface area (Å²) in [6, 6.07) is 2.69. The predicted molar refractivity (Wildman–Crippen MR) is 62.9 cm³/mol. The van der Waals surface area contributed by atoms with E-state index in [9.17, 15) is 18.0 Å². The lowest BCUT2D eigenvalue weighted by atomic mass is 10.1. The normalized spacial score (nSPS) is 19.1. The maximum Gasteiger partial charge on any atom is 0.419 e. The number of rotatable bonds is 4. The van der Waals surface area contributed by atoms with Crippen LogP contribution in [0.5, 0.6) is 5.75 Å². The molecule has 1 N–H and O–H groups in total. The van der Waals surface area contributed by atoms with Crippen LogP contribution >= 0.6 is 0 Å². The van der Waals surface area contributed by atoms with Crippen molar-refractivity contribution in [2.24, 2.45) is 0 Å². The number of aromatic carboxylic acids is 1.